The Morgan fingerprint density at radius 2 is 1.48 bits per heavy atom. The number of rotatable bonds is 5. The van der Waals surface area contributed by atoms with E-state index in [4.69, 9.17) is 0 Å². The highest BCUT2D eigenvalue weighted by Crippen LogP contribution is 2.42. The van der Waals surface area contributed by atoms with Gasteiger partial charge in [-0.05, 0) is 71.9 Å². The molecule has 1 aliphatic heterocycles. The summed E-state index contributed by atoms with van der Waals surface area (Å²) in [5.74, 6) is 0.414. The molecule has 1 atom stereocenters. The van der Waals surface area contributed by atoms with Gasteiger partial charge in [0.15, 0.2) is 0 Å². The normalized spacial score (nSPS) is 16.1. The zero-order valence-electron chi connectivity index (χ0n) is 15.3. The lowest BCUT2D eigenvalue weighted by Gasteiger charge is -2.24. The van der Waals surface area contributed by atoms with Crippen LogP contribution in [0.15, 0.2) is 46.6 Å². The molecule has 124 valence electrons. The average Bonchev–Trinajstić information content (AvgIpc) is 2.81. The summed E-state index contributed by atoms with van der Waals surface area (Å²) in [6.45, 7) is 13.0. The summed E-state index contributed by atoms with van der Waals surface area (Å²) in [5, 5.41) is 3.06. The minimum absolute atomic E-state index is 0.0465. The fourth-order valence-electron chi connectivity index (χ4n) is 3.20. The summed E-state index contributed by atoms with van der Waals surface area (Å²) in [5.41, 5.74) is 7.65. The van der Waals surface area contributed by atoms with Crippen molar-refractivity contribution in [2.75, 3.05) is 5.32 Å². The lowest BCUT2D eigenvalue weighted by molar-refractivity contribution is -0.118. The van der Waals surface area contributed by atoms with Gasteiger partial charge in [-0.3, -0.25) is 4.79 Å². The third-order valence-electron chi connectivity index (χ3n) is 5.15. The van der Waals surface area contributed by atoms with Gasteiger partial charge in [-0.1, -0.05) is 40.5 Å². The lowest BCUT2D eigenvalue weighted by atomic mass is 9.78. The van der Waals surface area contributed by atoms with Crippen molar-refractivity contribution in [3.63, 3.8) is 0 Å². The molecule has 1 N–H and O–H groups in total. The monoisotopic (exact) mass is 311 g/mol. The molecule has 1 heterocycles. The van der Waals surface area contributed by atoms with Crippen LogP contribution < -0.4 is 5.32 Å². The van der Waals surface area contributed by atoms with Crippen molar-refractivity contribution in [2.24, 2.45) is 5.92 Å². The maximum absolute atomic E-state index is 12.6. The molecule has 0 saturated carbocycles. The number of hydrogen-bond acceptors (Lipinski definition) is 1. The van der Waals surface area contributed by atoms with E-state index < -0.39 is 0 Å². The van der Waals surface area contributed by atoms with Crippen LogP contribution in [0.4, 0.5) is 5.69 Å². The summed E-state index contributed by atoms with van der Waals surface area (Å²) in [4.78, 5) is 12.6. The smallest absolute Gasteiger partial charge is 0.232 e. The van der Waals surface area contributed by atoms with E-state index in [-0.39, 0.29) is 11.8 Å². The molecule has 0 fully saturated rings. The largest absolute Gasteiger partial charge is 0.325 e. The molecule has 0 aromatic heterocycles. The number of carbonyl (C=O) groups is 1. The molecule has 1 unspecified atom stereocenters. The Hall–Kier alpha value is -1.83. The number of benzene rings is 1. The van der Waals surface area contributed by atoms with Crippen LogP contribution in [0.3, 0.4) is 0 Å². The van der Waals surface area contributed by atoms with Crippen LogP contribution in [-0.2, 0) is 4.79 Å². The van der Waals surface area contributed by atoms with E-state index in [1.165, 1.54) is 22.3 Å². The number of para-hydroxylation sites is 1. The SMILES string of the molecule is CC(C)=C(C)CC(CC(C)=C(C)C)C1C(=O)Nc2ccccc21. The van der Waals surface area contributed by atoms with E-state index in [0.717, 1.165) is 24.1 Å². The highest BCUT2D eigenvalue weighted by molar-refractivity contribution is 6.03. The summed E-state index contributed by atoms with van der Waals surface area (Å²) in [6.07, 6.45) is 1.94. The molecule has 2 heteroatoms. The van der Waals surface area contributed by atoms with E-state index in [1.54, 1.807) is 0 Å². The molecular weight excluding hydrogens is 282 g/mol. The Balaban J connectivity index is 2.39. The van der Waals surface area contributed by atoms with Crippen molar-refractivity contribution >= 4 is 11.6 Å². The van der Waals surface area contributed by atoms with Crippen LogP contribution in [0, 0.1) is 5.92 Å². The topological polar surface area (TPSA) is 29.1 Å². The zero-order valence-corrected chi connectivity index (χ0v) is 15.3. The first-order valence-electron chi connectivity index (χ1n) is 8.47. The maximum atomic E-state index is 12.6. The second-order valence-corrected chi connectivity index (χ2v) is 7.28. The van der Waals surface area contributed by atoms with Crippen LogP contribution >= 0.6 is 0 Å². The first-order chi connectivity index (χ1) is 10.8. The Bertz CT molecular complexity index is 632. The lowest BCUT2D eigenvalue weighted by Crippen LogP contribution is -2.22. The molecule has 0 radical (unpaired) electrons. The highest BCUT2D eigenvalue weighted by atomic mass is 16.2. The number of nitrogens with one attached hydrogen (secondary N) is 1. The molecule has 0 bridgehead atoms. The van der Waals surface area contributed by atoms with Gasteiger partial charge in [-0.2, -0.15) is 0 Å². The van der Waals surface area contributed by atoms with Crippen molar-refractivity contribution < 1.29 is 4.79 Å². The van der Waals surface area contributed by atoms with Gasteiger partial charge in [-0.15, -0.1) is 0 Å². The predicted molar refractivity (Wildman–Crippen MR) is 98.6 cm³/mol. The number of carbonyl (C=O) groups excluding carboxylic acids is 1. The van der Waals surface area contributed by atoms with Gasteiger partial charge in [0.05, 0.1) is 5.92 Å². The van der Waals surface area contributed by atoms with Crippen LogP contribution in [-0.4, -0.2) is 5.91 Å². The van der Waals surface area contributed by atoms with Crippen molar-refractivity contribution in [1.29, 1.82) is 0 Å². The quantitative estimate of drug-likeness (QED) is 0.681. The molecule has 0 aliphatic carbocycles. The standard InChI is InChI=1S/C21H29NO/c1-13(2)15(5)11-17(12-16(6)14(3)4)20-18-9-7-8-10-19(18)22-21(20)23/h7-10,17,20H,11-12H2,1-6H3,(H,22,23). The number of anilines is 1. The number of amides is 1. The van der Waals surface area contributed by atoms with Crippen LogP contribution in [0.25, 0.3) is 0 Å². The first kappa shape index (κ1) is 17.5. The van der Waals surface area contributed by atoms with Gasteiger partial charge in [0, 0.05) is 5.69 Å². The van der Waals surface area contributed by atoms with E-state index in [2.05, 4.69) is 52.9 Å². The van der Waals surface area contributed by atoms with Crippen LogP contribution in [0.1, 0.15) is 65.9 Å². The van der Waals surface area contributed by atoms with Gasteiger partial charge < -0.3 is 5.32 Å². The Morgan fingerprint density at radius 1 is 0.957 bits per heavy atom. The van der Waals surface area contributed by atoms with E-state index in [1.807, 2.05) is 18.2 Å². The molecule has 1 aliphatic rings. The predicted octanol–water partition coefficient (Wildman–Crippen LogP) is 5.83. The van der Waals surface area contributed by atoms with Crippen LogP contribution in [0.2, 0.25) is 0 Å². The molecular formula is C21H29NO. The minimum Gasteiger partial charge on any atom is -0.325 e. The first-order valence-corrected chi connectivity index (χ1v) is 8.47. The van der Waals surface area contributed by atoms with Crippen molar-refractivity contribution in [1.82, 2.24) is 0 Å². The van der Waals surface area contributed by atoms with Crippen molar-refractivity contribution in [2.45, 2.75) is 60.3 Å². The van der Waals surface area contributed by atoms with Gasteiger partial charge >= 0.3 is 0 Å². The molecule has 2 rings (SSSR count). The average molecular weight is 311 g/mol. The number of hydrogen-bond donors (Lipinski definition) is 1. The second-order valence-electron chi connectivity index (χ2n) is 7.28. The minimum atomic E-state index is -0.0465. The molecule has 1 amide bonds. The Labute approximate surface area is 140 Å². The maximum Gasteiger partial charge on any atom is 0.232 e. The van der Waals surface area contributed by atoms with Crippen molar-refractivity contribution in [3.05, 3.63) is 52.1 Å². The number of allylic oxidation sites excluding steroid dienone is 4. The van der Waals surface area contributed by atoms with Gasteiger partial charge in [-0.25, -0.2) is 0 Å². The third kappa shape index (κ3) is 3.93. The fraction of sp³-hybridized carbons (Fsp3) is 0.476. The summed E-state index contributed by atoms with van der Waals surface area (Å²) in [7, 11) is 0. The summed E-state index contributed by atoms with van der Waals surface area (Å²) < 4.78 is 0. The van der Waals surface area contributed by atoms with Gasteiger partial charge in [0.1, 0.15) is 0 Å². The molecule has 2 nitrogen and oxygen atoms in total. The molecule has 23 heavy (non-hydrogen) atoms. The third-order valence-corrected chi connectivity index (χ3v) is 5.15. The zero-order chi connectivity index (χ0) is 17.1. The molecule has 0 spiro atoms. The van der Waals surface area contributed by atoms with Crippen molar-refractivity contribution in [3.8, 4) is 0 Å². The van der Waals surface area contributed by atoms with E-state index >= 15 is 0 Å². The Morgan fingerprint density at radius 3 is 2.00 bits per heavy atom. The number of fused-ring (bicyclic) bond motifs is 1. The van der Waals surface area contributed by atoms with Crippen LogP contribution in [0.5, 0.6) is 0 Å². The molecule has 1 aromatic carbocycles. The fourth-order valence-corrected chi connectivity index (χ4v) is 3.20. The Kier molecular flexibility index (Phi) is 5.46. The van der Waals surface area contributed by atoms with Gasteiger partial charge in [0.2, 0.25) is 5.91 Å². The molecule has 1 aromatic rings. The van der Waals surface area contributed by atoms with Gasteiger partial charge in [0.25, 0.3) is 0 Å². The summed E-state index contributed by atoms with van der Waals surface area (Å²) >= 11 is 0. The molecule has 0 saturated heterocycles. The highest BCUT2D eigenvalue weighted by Gasteiger charge is 2.36. The summed E-state index contributed by atoms with van der Waals surface area (Å²) in [6, 6.07) is 8.12. The second kappa shape index (κ2) is 7.16. The van der Waals surface area contributed by atoms with E-state index in [0.29, 0.717) is 5.92 Å². The van der Waals surface area contributed by atoms with E-state index in [9.17, 15) is 4.79 Å².